The Kier molecular flexibility index (Phi) is 21.2. The van der Waals surface area contributed by atoms with Gasteiger partial charge in [-0.05, 0) is 211 Å². The second-order valence-corrected chi connectivity index (χ2v) is 36.8. The summed E-state index contributed by atoms with van der Waals surface area (Å²) in [7, 11) is 0. The summed E-state index contributed by atoms with van der Waals surface area (Å²) in [6.07, 6.45) is 12.8. The Hall–Kier alpha value is -18.8. The number of thiophene rings is 1. The minimum Gasteiger partial charge on any atom is -0.292 e. The summed E-state index contributed by atoms with van der Waals surface area (Å²) in [5.41, 5.74) is 32.0. The van der Waals surface area contributed by atoms with Crippen LogP contribution < -0.4 is 0 Å². The lowest BCUT2D eigenvalue weighted by Gasteiger charge is -2.15. The van der Waals surface area contributed by atoms with Gasteiger partial charge in [0, 0.05) is 119 Å². The van der Waals surface area contributed by atoms with Crippen LogP contribution in [0.3, 0.4) is 0 Å². The predicted octanol–water partition coefficient (Wildman–Crippen LogP) is 34.3. The Labute approximate surface area is 822 Å². The molecule has 10 nitrogen and oxygen atoms in total. The van der Waals surface area contributed by atoms with Gasteiger partial charge < -0.3 is 0 Å². The van der Waals surface area contributed by atoms with E-state index in [9.17, 15) is 0 Å². The molecule has 0 N–H and O–H groups in total. The Bertz CT molecular complexity index is 9720. The molecule has 0 spiro atoms. The van der Waals surface area contributed by atoms with Gasteiger partial charge in [-0.2, -0.15) is 0 Å². The lowest BCUT2D eigenvalue weighted by atomic mass is 9.89. The molecule has 0 saturated carbocycles. The van der Waals surface area contributed by atoms with Crippen LogP contribution in [0.1, 0.15) is 0 Å². The number of nitrogens with zero attached hydrogens (tertiary/aromatic N) is 10. The van der Waals surface area contributed by atoms with E-state index < -0.39 is 0 Å². The lowest BCUT2D eigenvalue weighted by molar-refractivity contribution is 1.10. The van der Waals surface area contributed by atoms with Crippen molar-refractivity contribution in [3.63, 3.8) is 0 Å². The van der Waals surface area contributed by atoms with Crippen molar-refractivity contribution in [3.05, 3.63) is 498 Å². The molecule has 0 fully saturated rings. The number of para-hydroxylation sites is 3. The minimum absolute atomic E-state index is 0.736. The number of hydrogen-bond acceptors (Lipinski definition) is 10. The molecule has 0 atom stereocenters. The van der Waals surface area contributed by atoms with Crippen molar-refractivity contribution in [1.82, 2.24) is 49.4 Å². The normalized spacial score (nSPS) is 11.5. The van der Waals surface area contributed by atoms with Crippen LogP contribution in [0.4, 0.5) is 0 Å². The topological polar surface area (TPSA) is 121 Å². The van der Waals surface area contributed by atoms with Gasteiger partial charge >= 0.3 is 0 Å². The molecular weight excluding hydrogens is 1750 g/mol. The molecule has 0 aliphatic carbocycles. The standard InChI is InChI=1S/C45H27N3S.C44H28N4.C42H27N3/c1-2-10-29(11-3-1)42-44-43(39-15-6-7-18-40(39)49-44)48-45(47-42)31-21-19-28(20-22-31)32-25-26-36(34-14-5-4-13-33(32)34)35-16-8-17-38-37(35)24-23-30-12-9-27-46-41(30)38;1-2-7-37-36(6-1)35(16-17-39(37)38-8-3-9-41-40(38)15-14-33-5-4-22-47-44(33)41)30-12-10-29(11-13-30)34-27-42(31-18-23-45-24-19-31)48-43(28-34)32-20-25-46-26-21-32;1-2-11-31(12-3-1)45-40-18-7-6-17-39(40)44-42(45)30-21-19-28(20-22-30)32-25-26-36(34-14-5-4-13-33(32)34)35-15-8-16-38-37(35)24-23-29-10-9-27-43-41(29)38/h1-27H;1-28H;1-27H. The van der Waals surface area contributed by atoms with E-state index in [-0.39, 0.29) is 0 Å². The van der Waals surface area contributed by atoms with Crippen LogP contribution in [0, 0.1) is 0 Å². The number of fused-ring (bicyclic) bond motifs is 16. The van der Waals surface area contributed by atoms with Crippen molar-refractivity contribution < 1.29 is 0 Å². The fraction of sp³-hybridized carbons (Fsp3) is 0. The molecule has 0 aliphatic rings. The highest BCUT2D eigenvalue weighted by Gasteiger charge is 2.23. The van der Waals surface area contributed by atoms with Gasteiger partial charge in [0.25, 0.3) is 0 Å². The first-order valence-corrected chi connectivity index (χ1v) is 48.5. The molecule has 0 radical (unpaired) electrons. The largest absolute Gasteiger partial charge is 0.292 e. The zero-order chi connectivity index (χ0) is 93.9. The van der Waals surface area contributed by atoms with Crippen molar-refractivity contribution >= 4 is 140 Å². The molecule has 0 saturated heterocycles. The van der Waals surface area contributed by atoms with Crippen LogP contribution in [-0.4, -0.2) is 49.4 Å². The molecule has 662 valence electrons. The van der Waals surface area contributed by atoms with Gasteiger partial charge in [0.05, 0.1) is 54.9 Å². The first kappa shape index (κ1) is 83.8. The van der Waals surface area contributed by atoms with Crippen molar-refractivity contribution in [3.8, 4) is 140 Å². The van der Waals surface area contributed by atoms with Crippen molar-refractivity contribution in [2.75, 3.05) is 0 Å². The van der Waals surface area contributed by atoms with E-state index in [2.05, 4.69) is 409 Å². The van der Waals surface area contributed by atoms with E-state index in [0.717, 1.165) is 133 Å². The maximum Gasteiger partial charge on any atom is 0.160 e. The summed E-state index contributed by atoms with van der Waals surface area (Å²) in [6, 6.07) is 162. The lowest BCUT2D eigenvalue weighted by Crippen LogP contribution is -1.97. The Morgan fingerprint density at radius 2 is 0.563 bits per heavy atom. The molecule has 9 heterocycles. The van der Waals surface area contributed by atoms with E-state index in [1.54, 1.807) is 36.1 Å². The molecular formula is C131H82N10S. The first-order chi connectivity index (χ1) is 70.4. The highest BCUT2D eigenvalue weighted by atomic mass is 32.1. The van der Waals surface area contributed by atoms with Gasteiger partial charge in [-0.1, -0.05) is 370 Å². The number of aromatic nitrogens is 10. The number of hydrogen-bond donors (Lipinski definition) is 0. The highest BCUT2D eigenvalue weighted by molar-refractivity contribution is 7.26. The Morgan fingerprint density at radius 1 is 0.197 bits per heavy atom. The third kappa shape index (κ3) is 15.2. The van der Waals surface area contributed by atoms with Gasteiger partial charge in [-0.15, -0.1) is 11.3 Å². The third-order valence-electron chi connectivity index (χ3n) is 27.6. The number of pyridine rings is 6. The molecule has 28 aromatic rings. The quantitative estimate of drug-likeness (QED) is 0.104. The molecule has 11 heteroatoms. The fourth-order valence-corrected chi connectivity index (χ4v) is 22.0. The zero-order valence-electron chi connectivity index (χ0n) is 76.7. The first-order valence-electron chi connectivity index (χ1n) is 47.7. The van der Waals surface area contributed by atoms with Crippen LogP contribution in [0.15, 0.2) is 498 Å². The molecule has 142 heavy (non-hydrogen) atoms. The highest BCUT2D eigenvalue weighted by Crippen LogP contribution is 2.47. The number of rotatable bonds is 13. The Morgan fingerprint density at radius 3 is 1.03 bits per heavy atom. The van der Waals surface area contributed by atoms with Crippen LogP contribution in [0.25, 0.3) is 269 Å². The smallest absolute Gasteiger partial charge is 0.160 e. The molecule has 9 aromatic heterocycles. The summed E-state index contributed by atoms with van der Waals surface area (Å²) in [5, 5.41) is 19.1. The SMILES string of the molecule is c1ccc(-c2nc(-c3ccc(-c4ccc(-c5cccc6c5ccc5cccnc56)c5ccccc45)cc3)nc3c2sc2ccccc23)cc1.c1ccc(-n2c(-c3ccc(-c4ccc(-c5cccc6c5ccc5cccnc56)c5ccccc45)cc3)nc3ccccc32)cc1.c1cnc2c(c1)ccc1c(-c3ccc(-c4ccc(-c5cc(-c6ccncc6)nc(-c6ccncc6)c5)cc4)c4ccccc34)cccc12. The van der Waals surface area contributed by atoms with E-state index in [1.165, 1.54) is 136 Å². The van der Waals surface area contributed by atoms with Crippen LogP contribution in [-0.2, 0) is 0 Å². The summed E-state index contributed by atoms with van der Waals surface area (Å²) >= 11 is 1.76. The van der Waals surface area contributed by atoms with Gasteiger partial charge in [0.1, 0.15) is 5.82 Å². The molecule has 0 bridgehead atoms. The minimum atomic E-state index is 0.736. The maximum absolute atomic E-state index is 5.17. The van der Waals surface area contributed by atoms with E-state index in [0.29, 0.717) is 0 Å². The maximum atomic E-state index is 5.17. The second-order valence-electron chi connectivity index (χ2n) is 35.7. The van der Waals surface area contributed by atoms with Crippen LogP contribution >= 0.6 is 11.3 Å². The van der Waals surface area contributed by atoms with E-state index in [1.807, 2.05) is 79.3 Å². The summed E-state index contributed by atoms with van der Waals surface area (Å²) in [5.74, 6) is 1.67. The van der Waals surface area contributed by atoms with E-state index in [4.69, 9.17) is 34.9 Å². The average molecular weight is 1830 g/mol. The van der Waals surface area contributed by atoms with Gasteiger partial charge in [0.2, 0.25) is 0 Å². The molecule has 19 aromatic carbocycles. The number of imidazole rings is 1. The van der Waals surface area contributed by atoms with Gasteiger partial charge in [0.15, 0.2) is 5.82 Å². The summed E-state index contributed by atoms with van der Waals surface area (Å²) in [6.45, 7) is 0. The van der Waals surface area contributed by atoms with Crippen LogP contribution in [0.5, 0.6) is 0 Å². The average Bonchev–Trinajstić information content (AvgIpc) is 0.815. The fourth-order valence-electron chi connectivity index (χ4n) is 20.8. The summed E-state index contributed by atoms with van der Waals surface area (Å²) in [4.78, 5) is 43.0. The van der Waals surface area contributed by atoms with Crippen LogP contribution in [0.2, 0.25) is 0 Å². The predicted molar refractivity (Wildman–Crippen MR) is 592 cm³/mol. The zero-order valence-corrected chi connectivity index (χ0v) is 77.5. The van der Waals surface area contributed by atoms with Gasteiger partial charge in [-0.25, -0.2) is 19.9 Å². The van der Waals surface area contributed by atoms with Gasteiger partial charge in [-0.3, -0.25) is 29.5 Å². The van der Waals surface area contributed by atoms with Crippen molar-refractivity contribution in [1.29, 1.82) is 0 Å². The molecule has 0 aliphatic heterocycles. The third-order valence-corrected chi connectivity index (χ3v) is 28.8. The van der Waals surface area contributed by atoms with Crippen molar-refractivity contribution in [2.24, 2.45) is 0 Å². The number of benzene rings is 19. The molecule has 28 rings (SSSR count). The van der Waals surface area contributed by atoms with E-state index >= 15 is 0 Å². The second kappa shape index (κ2) is 36.0. The summed E-state index contributed by atoms with van der Waals surface area (Å²) < 4.78 is 4.59. The molecule has 0 unspecified atom stereocenters. The van der Waals surface area contributed by atoms with Crippen molar-refractivity contribution in [2.45, 2.75) is 0 Å². The monoisotopic (exact) mass is 1830 g/mol. The molecule has 0 amide bonds. The Balaban J connectivity index is 0.000000109.